The number of aromatic hydroxyl groups is 1. The molecular formula is C8H8NNaO3. The number of carboxylic acids is 1. The minimum absolute atomic E-state index is 0. The average Bonchev–Trinajstić information content (AvgIpc) is 2.04. The van der Waals surface area contributed by atoms with E-state index in [-0.39, 0.29) is 35.3 Å². The molecule has 0 aliphatic rings. The summed E-state index contributed by atoms with van der Waals surface area (Å²) in [6.07, 6.45) is 0. The molecule has 1 aromatic carbocycles. The molecule has 0 spiro atoms. The number of carboxylic acid groups (broad SMARTS) is 1. The van der Waals surface area contributed by atoms with Gasteiger partial charge in [0.2, 0.25) is 0 Å². The van der Waals surface area contributed by atoms with Crippen LogP contribution in [0.25, 0.3) is 0 Å². The molecule has 5 heteroatoms. The molecule has 3 N–H and O–H groups in total. The van der Waals surface area contributed by atoms with Crippen LogP contribution in [-0.4, -0.2) is 11.1 Å². The summed E-state index contributed by atoms with van der Waals surface area (Å²) in [5, 5.41) is 19.2. The van der Waals surface area contributed by atoms with Crippen molar-refractivity contribution >= 4 is 5.97 Å². The second-order valence-corrected chi connectivity index (χ2v) is 2.39. The van der Waals surface area contributed by atoms with Crippen LogP contribution in [-0.2, 0) is 4.79 Å². The second kappa shape index (κ2) is 5.24. The molecule has 1 aromatic rings. The molecule has 0 heterocycles. The number of phenolic OH excluding ortho intramolecular Hbond substituents is 1. The zero-order valence-corrected chi connectivity index (χ0v) is 9.23. The number of hydrogen-bond acceptors (Lipinski definition) is 4. The van der Waals surface area contributed by atoms with E-state index in [1.54, 1.807) is 0 Å². The van der Waals surface area contributed by atoms with Gasteiger partial charge in [0.25, 0.3) is 0 Å². The number of rotatable bonds is 2. The van der Waals surface area contributed by atoms with Gasteiger partial charge in [-0.2, -0.15) is 0 Å². The van der Waals surface area contributed by atoms with Crippen molar-refractivity contribution < 1.29 is 44.6 Å². The standard InChI is InChI=1S/C8H9NO3.Na/c9-7(8(11)12)5-1-3-6(10)4-2-5;/h1-4,7,10H,9H2,(H,11,12);/q;+1/p-1/t7-;/m1./s1. The molecule has 0 aliphatic carbocycles. The Hall–Kier alpha value is -0.550. The average molecular weight is 189 g/mol. The van der Waals surface area contributed by atoms with Gasteiger partial charge < -0.3 is 20.7 Å². The van der Waals surface area contributed by atoms with Gasteiger partial charge in [0.15, 0.2) is 0 Å². The third-order valence-corrected chi connectivity index (χ3v) is 1.51. The third kappa shape index (κ3) is 3.36. The van der Waals surface area contributed by atoms with Crippen molar-refractivity contribution in [3.8, 4) is 5.75 Å². The quantitative estimate of drug-likeness (QED) is 0.466. The molecule has 0 saturated heterocycles. The van der Waals surface area contributed by atoms with Gasteiger partial charge in [0, 0.05) is 0 Å². The Labute approximate surface area is 97.7 Å². The Morgan fingerprint density at radius 1 is 1.38 bits per heavy atom. The van der Waals surface area contributed by atoms with E-state index in [0.717, 1.165) is 0 Å². The van der Waals surface area contributed by atoms with Gasteiger partial charge in [0.1, 0.15) is 5.75 Å². The maximum absolute atomic E-state index is 10.3. The van der Waals surface area contributed by atoms with E-state index in [2.05, 4.69) is 0 Å². The Morgan fingerprint density at radius 3 is 2.23 bits per heavy atom. The largest absolute Gasteiger partial charge is 1.00 e. The number of phenols is 1. The molecular weight excluding hydrogens is 181 g/mol. The topological polar surface area (TPSA) is 86.4 Å². The van der Waals surface area contributed by atoms with E-state index < -0.39 is 12.0 Å². The van der Waals surface area contributed by atoms with Crippen molar-refractivity contribution in [2.45, 2.75) is 6.04 Å². The summed E-state index contributed by atoms with van der Waals surface area (Å²) in [4.78, 5) is 10.3. The maximum Gasteiger partial charge on any atom is 1.00 e. The molecule has 0 radical (unpaired) electrons. The van der Waals surface area contributed by atoms with Crippen molar-refractivity contribution in [2.24, 2.45) is 5.73 Å². The molecule has 1 rings (SSSR count). The van der Waals surface area contributed by atoms with E-state index in [0.29, 0.717) is 5.56 Å². The first-order valence-electron chi connectivity index (χ1n) is 3.36. The SMILES string of the molecule is N[C@@H](C(=O)[O-])c1ccc(O)cc1.[Na+]. The fourth-order valence-electron chi connectivity index (χ4n) is 0.818. The first kappa shape index (κ1) is 12.4. The summed E-state index contributed by atoms with van der Waals surface area (Å²) in [5.74, 6) is -1.26. The van der Waals surface area contributed by atoms with Crippen LogP contribution in [0.2, 0.25) is 0 Å². The Balaban J connectivity index is 0.00000144. The molecule has 0 saturated carbocycles. The van der Waals surface area contributed by atoms with Gasteiger partial charge >= 0.3 is 29.6 Å². The number of carbonyl (C=O) groups excluding carboxylic acids is 1. The fourth-order valence-corrected chi connectivity index (χ4v) is 0.818. The fraction of sp³-hybridized carbons (Fsp3) is 0.125. The van der Waals surface area contributed by atoms with Crippen LogP contribution in [0.1, 0.15) is 11.6 Å². The van der Waals surface area contributed by atoms with Crippen LogP contribution in [0, 0.1) is 0 Å². The van der Waals surface area contributed by atoms with E-state index in [9.17, 15) is 9.90 Å². The van der Waals surface area contributed by atoms with Crippen LogP contribution in [0.15, 0.2) is 24.3 Å². The van der Waals surface area contributed by atoms with Crippen molar-refractivity contribution in [1.29, 1.82) is 0 Å². The first-order valence-corrected chi connectivity index (χ1v) is 3.36. The van der Waals surface area contributed by atoms with E-state index in [1.807, 2.05) is 0 Å². The molecule has 0 aliphatic heterocycles. The number of hydrogen-bond donors (Lipinski definition) is 2. The minimum Gasteiger partial charge on any atom is -0.548 e. The van der Waals surface area contributed by atoms with Gasteiger partial charge in [-0.05, 0) is 17.7 Å². The van der Waals surface area contributed by atoms with Gasteiger partial charge in [-0.3, -0.25) is 0 Å². The predicted octanol–water partition coefficient (Wildman–Crippen LogP) is -3.85. The van der Waals surface area contributed by atoms with Crippen LogP contribution in [0.4, 0.5) is 0 Å². The molecule has 4 nitrogen and oxygen atoms in total. The van der Waals surface area contributed by atoms with Crippen molar-refractivity contribution in [3.63, 3.8) is 0 Å². The van der Waals surface area contributed by atoms with Gasteiger partial charge in [0.05, 0.1) is 12.0 Å². The molecule has 0 amide bonds. The normalized spacial score (nSPS) is 11.5. The Morgan fingerprint density at radius 2 is 1.85 bits per heavy atom. The molecule has 0 fully saturated rings. The molecule has 0 aromatic heterocycles. The van der Waals surface area contributed by atoms with Gasteiger partial charge in [-0.15, -0.1) is 0 Å². The molecule has 0 unspecified atom stereocenters. The van der Waals surface area contributed by atoms with Crippen LogP contribution in [0.5, 0.6) is 5.75 Å². The number of aliphatic carboxylic acids is 1. The summed E-state index contributed by atoms with van der Waals surface area (Å²) < 4.78 is 0. The second-order valence-electron chi connectivity index (χ2n) is 2.39. The summed E-state index contributed by atoms with van der Waals surface area (Å²) >= 11 is 0. The Bertz CT molecular complexity index is 286. The van der Waals surface area contributed by atoms with Gasteiger partial charge in [-0.25, -0.2) is 0 Å². The molecule has 0 bridgehead atoms. The van der Waals surface area contributed by atoms with E-state index in [1.165, 1.54) is 24.3 Å². The number of benzene rings is 1. The minimum atomic E-state index is -1.33. The predicted molar refractivity (Wildman–Crippen MR) is 40.0 cm³/mol. The monoisotopic (exact) mass is 189 g/mol. The number of nitrogens with two attached hydrogens (primary N) is 1. The van der Waals surface area contributed by atoms with Crippen molar-refractivity contribution in [1.82, 2.24) is 0 Å². The number of carbonyl (C=O) groups is 1. The van der Waals surface area contributed by atoms with Crippen LogP contribution >= 0.6 is 0 Å². The summed E-state index contributed by atoms with van der Waals surface area (Å²) in [5.41, 5.74) is 5.65. The van der Waals surface area contributed by atoms with Crippen LogP contribution < -0.4 is 40.4 Å². The summed E-state index contributed by atoms with van der Waals surface area (Å²) in [6.45, 7) is 0. The Kier molecular flexibility index (Phi) is 5.02. The van der Waals surface area contributed by atoms with Gasteiger partial charge in [-0.1, -0.05) is 12.1 Å². The van der Waals surface area contributed by atoms with E-state index >= 15 is 0 Å². The third-order valence-electron chi connectivity index (χ3n) is 1.51. The van der Waals surface area contributed by atoms with Crippen molar-refractivity contribution in [3.05, 3.63) is 29.8 Å². The van der Waals surface area contributed by atoms with E-state index in [4.69, 9.17) is 10.8 Å². The molecule has 13 heavy (non-hydrogen) atoms. The summed E-state index contributed by atoms with van der Waals surface area (Å²) in [7, 11) is 0. The summed E-state index contributed by atoms with van der Waals surface area (Å²) in [6, 6.07) is 4.49. The molecule has 64 valence electrons. The zero-order valence-electron chi connectivity index (χ0n) is 7.23. The smallest absolute Gasteiger partial charge is 0.548 e. The first-order chi connectivity index (χ1) is 5.61. The zero-order chi connectivity index (χ0) is 9.14. The molecule has 1 atom stereocenters. The van der Waals surface area contributed by atoms with Crippen LogP contribution in [0.3, 0.4) is 0 Å². The van der Waals surface area contributed by atoms with Crippen molar-refractivity contribution in [2.75, 3.05) is 0 Å². The maximum atomic E-state index is 10.3.